The van der Waals surface area contributed by atoms with Crippen LogP contribution in [0.1, 0.15) is 54.6 Å². The second-order valence-electron chi connectivity index (χ2n) is 7.50. The fraction of sp³-hybridized carbons (Fsp3) is 0.296. The molecular formula is C27H30O4. The van der Waals surface area contributed by atoms with Crippen LogP contribution in [0.25, 0.3) is 0 Å². The Morgan fingerprint density at radius 3 is 2.03 bits per heavy atom. The van der Waals surface area contributed by atoms with Gasteiger partial charge in [0.25, 0.3) is 0 Å². The predicted molar refractivity (Wildman–Crippen MR) is 123 cm³/mol. The number of hydrogen-bond acceptors (Lipinski definition) is 4. The maximum atomic E-state index is 12.4. The average molecular weight is 419 g/mol. The van der Waals surface area contributed by atoms with E-state index in [2.05, 4.69) is 26.0 Å². The molecule has 3 aromatic carbocycles. The minimum atomic E-state index is -0.371. The number of rotatable bonds is 11. The zero-order valence-electron chi connectivity index (χ0n) is 18.4. The number of carbonyl (C=O) groups is 1. The molecule has 162 valence electrons. The molecule has 4 heteroatoms. The SMILES string of the molecule is CCC(C)c1ccc(OC(C)OCCOc2ccc(C(=O)c3ccccc3)cc2)cc1. The minimum absolute atomic E-state index is 0.00126. The first kappa shape index (κ1) is 22.6. The molecule has 4 nitrogen and oxygen atoms in total. The maximum Gasteiger partial charge on any atom is 0.197 e. The summed E-state index contributed by atoms with van der Waals surface area (Å²) in [5, 5.41) is 0. The molecule has 0 amide bonds. The van der Waals surface area contributed by atoms with Crippen LogP contribution in [0.3, 0.4) is 0 Å². The third-order valence-corrected chi connectivity index (χ3v) is 5.22. The van der Waals surface area contributed by atoms with Crippen LogP contribution in [-0.2, 0) is 4.74 Å². The molecule has 0 aliphatic rings. The van der Waals surface area contributed by atoms with E-state index in [4.69, 9.17) is 14.2 Å². The van der Waals surface area contributed by atoms with Gasteiger partial charge in [-0.1, -0.05) is 56.3 Å². The summed E-state index contributed by atoms with van der Waals surface area (Å²) >= 11 is 0. The summed E-state index contributed by atoms with van der Waals surface area (Å²) in [6.45, 7) is 7.07. The average Bonchev–Trinajstić information content (AvgIpc) is 2.82. The van der Waals surface area contributed by atoms with Gasteiger partial charge in [-0.2, -0.15) is 0 Å². The first-order valence-electron chi connectivity index (χ1n) is 10.8. The molecule has 2 atom stereocenters. The normalized spacial score (nSPS) is 12.7. The van der Waals surface area contributed by atoms with Crippen molar-refractivity contribution in [3.8, 4) is 11.5 Å². The lowest BCUT2D eigenvalue weighted by molar-refractivity contribution is -0.0739. The van der Waals surface area contributed by atoms with E-state index in [0.29, 0.717) is 36.0 Å². The van der Waals surface area contributed by atoms with E-state index in [1.165, 1.54) is 5.56 Å². The van der Waals surface area contributed by atoms with E-state index < -0.39 is 0 Å². The Labute approximate surface area is 184 Å². The van der Waals surface area contributed by atoms with Crippen LogP contribution in [0.15, 0.2) is 78.9 Å². The second kappa shape index (κ2) is 11.3. The summed E-state index contributed by atoms with van der Waals surface area (Å²) in [6, 6.07) is 24.6. The number of hydrogen-bond donors (Lipinski definition) is 0. The highest BCUT2D eigenvalue weighted by Crippen LogP contribution is 2.22. The molecule has 0 radical (unpaired) electrons. The monoisotopic (exact) mass is 418 g/mol. The Morgan fingerprint density at radius 1 is 0.774 bits per heavy atom. The topological polar surface area (TPSA) is 44.8 Å². The molecule has 0 heterocycles. The van der Waals surface area contributed by atoms with Gasteiger partial charge in [0.2, 0.25) is 0 Å². The van der Waals surface area contributed by atoms with Crippen LogP contribution < -0.4 is 9.47 Å². The van der Waals surface area contributed by atoms with Crippen molar-refractivity contribution in [2.24, 2.45) is 0 Å². The van der Waals surface area contributed by atoms with E-state index in [1.807, 2.05) is 49.4 Å². The molecule has 0 aliphatic carbocycles. The molecule has 0 bridgehead atoms. The van der Waals surface area contributed by atoms with Crippen LogP contribution in [0, 0.1) is 0 Å². The summed E-state index contributed by atoms with van der Waals surface area (Å²) in [5.74, 6) is 2.03. The molecule has 0 N–H and O–H groups in total. The van der Waals surface area contributed by atoms with Crippen molar-refractivity contribution in [2.75, 3.05) is 13.2 Å². The van der Waals surface area contributed by atoms with Gasteiger partial charge in [-0.3, -0.25) is 4.79 Å². The first-order chi connectivity index (χ1) is 15.1. The summed E-state index contributed by atoms with van der Waals surface area (Å²) in [7, 11) is 0. The van der Waals surface area contributed by atoms with Gasteiger partial charge in [-0.15, -0.1) is 0 Å². The van der Waals surface area contributed by atoms with Gasteiger partial charge in [0, 0.05) is 11.1 Å². The van der Waals surface area contributed by atoms with E-state index >= 15 is 0 Å². The first-order valence-corrected chi connectivity index (χ1v) is 10.8. The van der Waals surface area contributed by atoms with Crippen LogP contribution in [0.5, 0.6) is 11.5 Å². The van der Waals surface area contributed by atoms with Crippen molar-refractivity contribution < 1.29 is 19.0 Å². The summed E-state index contributed by atoms with van der Waals surface area (Å²) < 4.78 is 17.2. The fourth-order valence-corrected chi connectivity index (χ4v) is 3.17. The van der Waals surface area contributed by atoms with Gasteiger partial charge in [-0.25, -0.2) is 0 Å². The summed E-state index contributed by atoms with van der Waals surface area (Å²) in [4.78, 5) is 12.4. The predicted octanol–water partition coefficient (Wildman–Crippen LogP) is 6.25. The van der Waals surface area contributed by atoms with Crippen LogP contribution in [-0.4, -0.2) is 25.3 Å². The highest BCUT2D eigenvalue weighted by Gasteiger charge is 2.09. The smallest absolute Gasteiger partial charge is 0.197 e. The van der Waals surface area contributed by atoms with Gasteiger partial charge in [0.1, 0.15) is 18.1 Å². The molecule has 0 aliphatic heterocycles. The van der Waals surface area contributed by atoms with Gasteiger partial charge in [0.05, 0.1) is 6.61 Å². The quantitative estimate of drug-likeness (QED) is 0.210. The Bertz CT molecular complexity index is 933. The Balaban J connectivity index is 1.39. The van der Waals surface area contributed by atoms with Crippen LogP contribution in [0.2, 0.25) is 0 Å². The molecular weight excluding hydrogens is 388 g/mol. The Hall–Kier alpha value is -3.11. The molecule has 0 saturated carbocycles. The van der Waals surface area contributed by atoms with Crippen molar-refractivity contribution in [3.05, 3.63) is 95.6 Å². The summed E-state index contributed by atoms with van der Waals surface area (Å²) in [6.07, 6.45) is 0.745. The highest BCUT2D eigenvalue weighted by atomic mass is 16.7. The van der Waals surface area contributed by atoms with E-state index in [0.717, 1.165) is 12.2 Å². The maximum absolute atomic E-state index is 12.4. The van der Waals surface area contributed by atoms with Gasteiger partial charge < -0.3 is 14.2 Å². The Morgan fingerprint density at radius 2 is 1.39 bits per heavy atom. The van der Waals surface area contributed by atoms with Crippen molar-refractivity contribution in [2.45, 2.75) is 39.4 Å². The molecule has 2 unspecified atom stereocenters. The van der Waals surface area contributed by atoms with Gasteiger partial charge >= 0.3 is 0 Å². The molecule has 3 aromatic rings. The number of ether oxygens (including phenoxy) is 3. The highest BCUT2D eigenvalue weighted by molar-refractivity contribution is 6.08. The molecule has 0 aromatic heterocycles. The van der Waals surface area contributed by atoms with Crippen molar-refractivity contribution in [3.63, 3.8) is 0 Å². The molecule has 0 fully saturated rings. The Kier molecular flexibility index (Phi) is 8.25. The van der Waals surface area contributed by atoms with Crippen LogP contribution >= 0.6 is 0 Å². The lowest BCUT2D eigenvalue weighted by Gasteiger charge is -2.16. The lowest BCUT2D eigenvalue weighted by atomic mass is 9.99. The minimum Gasteiger partial charge on any atom is -0.491 e. The number of benzene rings is 3. The van der Waals surface area contributed by atoms with Crippen molar-refractivity contribution in [1.29, 1.82) is 0 Å². The molecule has 0 spiro atoms. The summed E-state index contributed by atoms with van der Waals surface area (Å²) in [5.41, 5.74) is 2.62. The van der Waals surface area contributed by atoms with Crippen molar-refractivity contribution in [1.82, 2.24) is 0 Å². The van der Waals surface area contributed by atoms with Gasteiger partial charge in [0.15, 0.2) is 12.1 Å². The lowest BCUT2D eigenvalue weighted by Crippen LogP contribution is -2.19. The zero-order chi connectivity index (χ0) is 22.1. The largest absolute Gasteiger partial charge is 0.491 e. The fourth-order valence-electron chi connectivity index (χ4n) is 3.17. The molecule has 0 saturated heterocycles. The third kappa shape index (κ3) is 6.69. The van der Waals surface area contributed by atoms with Gasteiger partial charge in [-0.05, 0) is 61.2 Å². The standard InChI is InChI=1S/C27H30O4/c1-4-20(2)22-10-16-26(17-11-22)31-21(3)29-18-19-30-25-14-12-24(13-15-25)27(28)23-8-6-5-7-9-23/h5-17,20-21H,4,18-19H2,1-3H3. The number of carbonyl (C=O) groups excluding carboxylic acids is 1. The second-order valence-corrected chi connectivity index (χ2v) is 7.50. The molecule has 31 heavy (non-hydrogen) atoms. The number of ketones is 1. The van der Waals surface area contributed by atoms with E-state index in [1.54, 1.807) is 24.3 Å². The van der Waals surface area contributed by atoms with E-state index in [-0.39, 0.29) is 12.1 Å². The molecule has 3 rings (SSSR count). The van der Waals surface area contributed by atoms with Crippen LogP contribution in [0.4, 0.5) is 0 Å². The third-order valence-electron chi connectivity index (χ3n) is 5.22. The van der Waals surface area contributed by atoms with Crippen molar-refractivity contribution >= 4 is 5.78 Å². The van der Waals surface area contributed by atoms with E-state index in [9.17, 15) is 4.79 Å². The zero-order valence-corrected chi connectivity index (χ0v) is 18.4.